The predicted molar refractivity (Wildman–Crippen MR) is 140 cm³/mol. The fourth-order valence-corrected chi connectivity index (χ4v) is 5.37. The second kappa shape index (κ2) is 9.85. The number of carbonyl (C=O) groups excluding carboxylic acids is 3. The van der Waals surface area contributed by atoms with E-state index < -0.39 is 6.04 Å². The highest BCUT2D eigenvalue weighted by Crippen LogP contribution is 2.50. The number of piperidine rings is 1. The summed E-state index contributed by atoms with van der Waals surface area (Å²) in [6.45, 7) is 6.09. The van der Waals surface area contributed by atoms with E-state index in [2.05, 4.69) is 10.3 Å². The number of allylic oxidation sites excluding steroid dienone is 1. The molecule has 1 aliphatic heterocycles. The zero-order valence-corrected chi connectivity index (χ0v) is 21.7. The first kappa shape index (κ1) is 25.3. The molecule has 10 nitrogen and oxygen atoms in total. The van der Waals surface area contributed by atoms with E-state index in [1.54, 1.807) is 57.1 Å². The summed E-state index contributed by atoms with van der Waals surface area (Å²) >= 11 is 0. The van der Waals surface area contributed by atoms with Gasteiger partial charge in [-0.05, 0) is 56.7 Å². The Morgan fingerprint density at radius 1 is 1.29 bits per heavy atom. The molecule has 10 heteroatoms. The molecule has 2 aromatic heterocycles. The fourth-order valence-electron chi connectivity index (χ4n) is 5.37. The van der Waals surface area contributed by atoms with Crippen molar-refractivity contribution in [2.75, 3.05) is 20.2 Å². The van der Waals surface area contributed by atoms with E-state index >= 15 is 0 Å². The summed E-state index contributed by atoms with van der Waals surface area (Å²) in [7, 11) is 1.56. The van der Waals surface area contributed by atoms with Gasteiger partial charge >= 0.3 is 5.97 Å². The average molecular weight is 519 g/mol. The van der Waals surface area contributed by atoms with Gasteiger partial charge in [-0.2, -0.15) is 0 Å². The van der Waals surface area contributed by atoms with E-state index in [4.69, 9.17) is 19.3 Å². The molecule has 198 valence electrons. The van der Waals surface area contributed by atoms with Crippen LogP contribution in [0.25, 0.3) is 16.7 Å². The number of H-pyrrole nitrogens is 1. The van der Waals surface area contributed by atoms with Gasteiger partial charge in [-0.3, -0.25) is 9.59 Å². The summed E-state index contributed by atoms with van der Waals surface area (Å²) in [6, 6.07) is 4.59. The van der Waals surface area contributed by atoms with Gasteiger partial charge in [0.25, 0.3) is 11.8 Å². The van der Waals surface area contributed by atoms with Crippen molar-refractivity contribution in [3.05, 3.63) is 58.6 Å². The highest BCUT2D eigenvalue weighted by molar-refractivity contribution is 6.07. The molecule has 0 spiro atoms. The van der Waals surface area contributed by atoms with Crippen LogP contribution in [-0.4, -0.2) is 60.1 Å². The highest BCUT2D eigenvalue weighted by Gasteiger charge is 2.57. The van der Waals surface area contributed by atoms with Gasteiger partial charge in [-0.15, -0.1) is 0 Å². The number of aromatic amines is 1. The molecule has 38 heavy (non-hydrogen) atoms. The lowest BCUT2D eigenvalue weighted by Crippen LogP contribution is -2.44. The van der Waals surface area contributed by atoms with E-state index in [1.807, 2.05) is 0 Å². The number of fused-ring (bicyclic) bond motifs is 2. The van der Waals surface area contributed by atoms with Crippen LogP contribution in [0, 0.1) is 31.1 Å². The number of carbonyl (C=O) groups is 3. The van der Waals surface area contributed by atoms with Crippen molar-refractivity contribution in [1.29, 1.82) is 5.41 Å². The van der Waals surface area contributed by atoms with Gasteiger partial charge in [-0.1, -0.05) is 0 Å². The van der Waals surface area contributed by atoms with Crippen LogP contribution in [0.3, 0.4) is 0 Å². The van der Waals surface area contributed by atoms with Gasteiger partial charge < -0.3 is 34.5 Å². The number of benzene rings is 1. The highest BCUT2D eigenvalue weighted by atomic mass is 16.5. The lowest BCUT2D eigenvalue weighted by atomic mass is 10.1. The van der Waals surface area contributed by atoms with Gasteiger partial charge in [-0.25, -0.2) is 4.79 Å². The molecular weight excluding hydrogens is 488 g/mol. The number of hydrogen-bond acceptors (Lipinski definition) is 7. The molecule has 1 aliphatic carbocycles. The van der Waals surface area contributed by atoms with E-state index in [0.717, 1.165) is 12.6 Å². The summed E-state index contributed by atoms with van der Waals surface area (Å²) in [5.41, 5.74) is 2.57. The molecule has 3 unspecified atom stereocenters. The summed E-state index contributed by atoms with van der Waals surface area (Å²) < 4.78 is 17.1. The van der Waals surface area contributed by atoms with E-state index in [0.29, 0.717) is 63.1 Å². The Morgan fingerprint density at radius 2 is 2.08 bits per heavy atom. The lowest BCUT2D eigenvalue weighted by Gasteiger charge is -2.26. The van der Waals surface area contributed by atoms with Crippen molar-refractivity contribution in [3.63, 3.8) is 0 Å². The molecule has 3 atom stereocenters. The molecule has 2 amide bonds. The van der Waals surface area contributed by atoms with Crippen LogP contribution in [0.15, 0.2) is 34.9 Å². The number of furan rings is 1. The summed E-state index contributed by atoms with van der Waals surface area (Å²) in [5.74, 6) is 0.942. The van der Waals surface area contributed by atoms with Gasteiger partial charge in [0, 0.05) is 43.5 Å². The molecule has 1 saturated carbocycles. The normalized spacial score (nSPS) is 20.3. The van der Waals surface area contributed by atoms with Crippen LogP contribution in [0.4, 0.5) is 0 Å². The van der Waals surface area contributed by atoms with E-state index in [9.17, 15) is 14.4 Å². The van der Waals surface area contributed by atoms with Crippen molar-refractivity contribution in [1.82, 2.24) is 15.2 Å². The number of rotatable bonds is 8. The summed E-state index contributed by atoms with van der Waals surface area (Å²) in [5, 5.41) is 10.9. The molecule has 2 aliphatic rings. The first-order valence-corrected chi connectivity index (χ1v) is 12.6. The third kappa shape index (κ3) is 4.25. The van der Waals surface area contributed by atoms with Crippen molar-refractivity contribution >= 4 is 40.7 Å². The Kier molecular flexibility index (Phi) is 6.56. The topological polar surface area (TPSA) is 138 Å². The lowest BCUT2D eigenvalue weighted by molar-refractivity contribution is -0.148. The van der Waals surface area contributed by atoms with Crippen LogP contribution in [0.5, 0.6) is 5.75 Å². The molecule has 1 aromatic carbocycles. The van der Waals surface area contributed by atoms with Crippen molar-refractivity contribution in [3.8, 4) is 5.75 Å². The molecule has 3 N–H and O–H groups in total. The second-order valence-electron chi connectivity index (χ2n) is 9.59. The number of amides is 2. The number of hydrogen-bond donors (Lipinski definition) is 3. The molecular formula is C28H30N4O6. The first-order chi connectivity index (χ1) is 18.3. The number of aromatic nitrogens is 1. The Labute approximate surface area is 219 Å². The Bertz CT molecular complexity index is 1480. The third-order valence-electron chi connectivity index (χ3n) is 7.31. The molecule has 0 bridgehead atoms. The van der Waals surface area contributed by atoms with E-state index in [-0.39, 0.29) is 30.3 Å². The third-order valence-corrected chi connectivity index (χ3v) is 7.31. The Balaban J connectivity index is 1.41. The smallest absolute Gasteiger partial charge is 0.329 e. The van der Waals surface area contributed by atoms with Crippen LogP contribution < -0.4 is 10.1 Å². The molecule has 1 saturated heterocycles. The predicted octanol–water partition coefficient (Wildman–Crippen LogP) is 3.83. The minimum absolute atomic E-state index is 0.164. The van der Waals surface area contributed by atoms with Crippen LogP contribution in [0.1, 0.15) is 51.1 Å². The maximum atomic E-state index is 13.5. The van der Waals surface area contributed by atoms with Gasteiger partial charge in [0.2, 0.25) is 0 Å². The minimum Gasteiger partial charge on any atom is -0.464 e. The quantitative estimate of drug-likeness (QED) is 0.235. The number of aryl methyl sites for hydroxylation is 1. The number of likely N-dealkylation sites (tertiary alicyclic amines) is 1. The fraction of sp³-hybridized carbons (Fsp3) is 0.357. The monoisotopic (exact) mass is 518 g/mol. The van der Waals surface area contributed by atoms with Gasteiger partial charge in [0.15, 0.2) is 5.76 Å². The van der Waals surface area contributed by atoms with Crippen LogP contribution in [0.2, 0.25) is 0 Å². The van der Waals surface area contributed by atoms with E-state index in [1.165, 1.54) is 6.08 Å². The zero-order chi connectivity index (χ0) is 27.1. The van der Waals surface area contributed by atoms with Crippen molar-refractivity contribution in [2.45, 2.75) is 33.2 Å². The SMILES string of the molecule is CCOC(=O)C1C2CC2CN1C(=O)c1c[nH]c(/C(=C\C=N)Oc2ccc3c(C(=O)NC)c(C)oc3c2)c1C. The number of esters is 1. The number of nitrogens with one attached hydrogen (secondary N) is 3. The molecule has 3 aromatic rings. The number of ether oxygens (including phenoxy) is 2. The zero-order valence-electron chi connectivity index (χ0n) is 21.7. The van der Waals surface area contributed by atoms with Crippen molar-refractivity contribution < 1.29 is 28.3 Å². The number of nitrogens with zero attached hydrogens (tertiary/aromatic N) is 1. The van der Waals surface area contributed by atoms with Crippen molar-refractivity contribution in [2.24, 2.45) is 11.8 Å². The van der Waals surface area contributed by atoms with Gasteiger partial charge in [0.05, 0.1) is 23.4 Å². The Hall–Kier alpha value is -4.34. The van der Waals surface area contributed by atoms with Crippen LogP contribution >= 0.6 is 0 Å². The standard InChI is InChI=1S/C28H30N4O6/c1-5-36-28(35)25-19-10-16(19)13-32(25)27(34)20-12-31-24(14(20)2)21(8-9-29)38-17-6-7-18-22(11-17)37-15(3)23(18)26(33)30-4/h6-9,11-12,16,19,25,29,31H,5,10,13H2,1-4H3,(H,30,33)/b21-8+,29-9?. The molecule has 3 heterocycles. The molecule has 0 radical (unpaired) electrons. The average Bonchev–Trinajstić information content (AvgIpc) is 3.21. The largest absolute Gasteiger partial charge is 0.464 e. The Morgan fingerprint density at radius 3 is 2.79 bits per heavy atom. The summed E-state index contributed by atoms with van der Waals surface area (Å²) in [4.78, 5) is 43.1. The second-order valence-corrected chi connectivity index (χ2v) is 9.59. The maximum absolute atomic E-state index is 13.5. The van der Waals surface area contributed by atoms with Crippen LogP contribution in [-0.2, 0) is 9.53 Å². The first-order valence-electron chi connectivity index (χ1n) is 12.6. The molecule has 5 rings (SSSR count). The maximum Gasteiger partial charge on any atom is 0.329 e. The summed E-state index contributed by atoms with van der Waals surface area (Å²) in [6.07, 6.45) is 5.12. The minimum atomic E-state index is -0.554. The van der Waals surface area contributed by atoms with Gasteiger partial charge in [0.1, 0.15) is 23.1 Å². The molecule has 2 fully saturated rings.